The van der Waals surface area contributed by atoms with Crippen LogP contribution in [0, 0.1) is 11.6 Å². The van der Waals surface area contributed by atoms with E-state index in [1.807, 2.05) is 36.4 Å². The molecular weight excluding hydrogens is 550 g/mol. The van der Waals surface area contributed by atoms with E-state index in [0.717, 1.165) is 39.7 Å². The van der Waals surface area contributed by atoms with Gasteiger partial charge in [0.1, 0.15) is 23.1 Å². The van der Waals surface area contributed by atoms with Crippen molar-refractivity contribution in [2.24, 2.45) is 0 Å². The zero-order valence-corrected chi connectivity index (χ0v) is 22.8. The van der Waals surface area contributed by atoms with Gasteiger partial charge in [0.05, 0.1) is 23.9 Å². The van der Waals surface area contributed by atoms with E-state index in [1.165, 1.54) is 7.11 Å². The third kappa shape index (κ3) is 5.99. The Hall–Kier alpha value is -4.90. The summed E-state index contributed by atoms with van der Waals surface area (Å²) < 4.78 is 48.4. The van der Waals surface area contributed by atoms with Crippen molar-refractivity contribution in [2.75, 3.05) is 24.2 Å². The van der Waals surface area contributed by atoms with Crippen LogP contribution >= 0.6 is 0 Å². The van der Waals surface area contributed by atoms with Gasteiger partial charge in [0.2, 0.25) is 5.88 Å². The van der Waals surface area contributed by atoms with E-state index in [4.69, 9.17) is 14.8 Å². The van der Waals surface area contributed by atoms with Crippen molar-refractivity contribution >= 4 is 39.4 Å². The molecule has 41 heavy (non-hydrogen) atoms. The standard InChI is InChI=1S/C30H24F2N4O4S/c1-33-29-23(18-5-3-17(4-6-18)11-28(37)38)13-20-12-19(7-9-25(20)35-29)21-14-26(30(40-2)34-16-21)36-41(39)27-10-8-22(31)15-24(27)32/h3-10,12-16,36H,11H2,1-2H3,(H,33,35)(H,37,38). The molecule has 1 atom stereocenters. The summed E-state index contributed by atoms with van der Waals surface area (Å²) in [5.74, 6) is -1.78. The molecule has 0 saturated heterocycles. The predicted octanol–water partition coefficient (Wildman–Crippen LogP) is 6.05. The highest BCUT2D eigenvalue weighted by Crippen LogP contribution is 2.34. The van der Waals surface area contributed by atoms with Crippen LogP contribution in [0.3, 0.4) is 0 Å². The number of fused-ring (bicyclic) bond motifs is 1. The van der Waals surface area contributed by atoms with E-state index < -0.39 is 28.6 Å². The zero-order valence-electron chi connectivity index (χ0n) is 21.9. The molecule has 1 unspecified atom stereocenters. The van der Waals surface area contributed by atoms with Crippen LogP contribution < -0.4 is 14.8 Å². The summed E-state index contributed by atoms with van der Waals surface area (Å²) in [7, 11) is 1.14. The maximum atomic E-state index is 14.2. The van der Waals surface area contributed by atoms with Gasteiger partial charge in [-0.2, -0.15) is 0 Å². The molecule has 5 aromatic rings. The lowest BCUT2D eigenvalue weighted by molar-refractivity contribution is -0.136. The predicted molar refractivity (Wildman–Crippen MR) is 154 cm³/mol. The largest absolute Gasteiger partial charge is 0.481 e. The molecule has 2 heterocycles. The number of halogens is 2. The number of nitrogens with zero attached hydrogens (tertiary/aromatic N) is 2. The number of benzene rings is 3. The lowest BCUT2D eigenvalue weighted by Gasteiger charge is -2.14. The number of pyridine rings is 2. The number of carboxylic acid groups (broad SMARTS) is 1. The first kappa shape index (κ1) is 27.7. The van der Waals surface area contributed by atoms with Gasteiger partial charge in [-0.05, 0) is 53.1 Å². The summed E-state index contributed by atoms with van der Waals surface area (Å²) in [6.07, 6.45) is 1.54. The molecule has 8 nitrogen and oxygen atoms in total. The SMILES string of the molecule is CNc1nc2ccc(-c3cnc(OC)c(NS(=O)c4ccc(F)cc4F)c3)cc2cc1-c1ccc(CC(=O)O)cc1. The summed E-state index contributed by atoms with van der Waals surface area (Å²) in [6.45, 7) is 0. The minimum atomic E-state index is -2.05. The van der Waals surface area contributed by atoms with Crippen molar-refractivity contribution in [3.05, 3.63) is 96.2 Å². The fourth-order valence-electron chi connectivity index (χ4n) is 4.37. The lowest BCUT2D eigenvalue weighted by Crippen LogP contribution is -2.09. The summed E-state index contributed by atoms with van der Waals surface area (Å²) >= 11 is 0. The van der Waals surface area contributed by atoms with Crippen molar-refractivity contribution in [3.63, 3.8) is 0 Å². The van der Waals surface area contributed by atoms with Crippen molar-refractivity contribution in [1.29, 1.82) is 0 Å². The van der Waals surface area contributed by atoms with E-state index in [-0.39, 0.29) is 22.9 Å². The smallest absolute Gasteiger partial charge is 0.307 e. The van der Waals surface area contributed by atoms with Gasteiger partial charge < -0.3 is 15.2 Å². The van der Waals surface area contributed by atoms with Crippen LogP contribution in [0.2, 0.25) is 0 Å². The monoisotopic (exact) mass is 574 g/mol. The maximum absolute atomic E-state index is 14.2. The molecule has 0 bridgehead atoms. The minimum absolute atomic E-state index is 0.0579. The molecule has 0 saturated carbocycles. The molecule has 0 aliphatic rings. The molecule has 0 radical (unpaired) electrons. The molecule has 2 aromatic heterocycles. The molecule has 3 aromatic carbocycles. The van der Waals surface area contributed by atoms with Crippen molar-refractivity contribution in [3.8, 4) is 28.1 Å². The van der Waals surface area contributed by atoms with Crippen molar-refractivity contribution in [2.45, 2.75) is 11.3 Å². The highest BCUT2D eigenvalue weighted by molar-refractivity contribution is 7.86. The molecule has 11 heteroatoms. The van der Waals surface area contributed by atoms with Gasteiger partial charge in [-0.15, -0.1) is 0 Å². The molecule has 0 spiro atoms. The number of carboxylic acids is 1. The van der Waals surface area contributed by atoms with Crippen LogP contribution in [0.5, 0.6) is 5.88 Å². The number of nitrogens with one attached hydrogen (secondary N) is 2. The molecular formula is C30H24F2N4O4S. The Morgan fingerprint density at radius 2 is 1.73 bits per heavy atom. The van der Waals surface area contributed by atoms with Gasteiger partial charge in [-0.1, -0.05) is 30.3 Å². The van der Waals surface area contributed by atoms with Crippen LogP contribution in [0.4, 0.5) is 20.3 Å². The van der Waals surface area contributed by atoms with Gasteiger partial charge in [-0.3, -0.25) is 9.52 Å². The van der Waals surface area contributed by atoms with Gasteiger partial charge in [0.15, 0.2) is 11.0 Å². The van der Waals surface area contributed by atoms with Gasteiger partial charge >= 0.3 is 5.97 Å². The Morgan fingerprint density at radius 1 is 0.976 bits per heavy atom. The Kier molecular flexibility index (Phi) is 7.88. The molecule has 0 aliphatic heterocycles. The summed E-state index contributed by atoms with van der Waals surface area (Å²) in [6, 6.07) is 19.5. The fourth-order valence-corrected chi connectivity index (χ4v) is 5.25. The fraction of sp³-hybridized carbons (Fsp3) is 0.100. The Morgan fingerprint density at radius 3 is 2.41 bits per heavy atom. The number of rotatable bonds is 9. The molecule has 3 N–H and O–H groups in total. The number of hydrogen-bond donors (Lipinski definition) is 3. The van der Waals surface area contributed by atoms with E-state index in [2.05, 4.69) is 15.0 Å². The maximum Gasteiger partial charge on any atom is 0.307 e. The molecule has 0 fully saturated rings. The van der Waals surface area contributed by atoms with Crippen molar-refractivity contribution in [1.82, 2.24) is 9.97 Å². The highest BCUT2D eigenvalue weighted by Gasteiger charge is 2.16. The first-order valence-corrected chi connectivity index (χ1v) is 13.5. The average Bonchev–Trinajstić information content (AvgIpc) is 2.96. The second-order valence-corrected chi connectivity index (χ2v) is 10.2. The van der Waals surface area contributed by atoms with Crippen LogP contribution in [0.1, 0.15) is 5.56 Å². The summed E-state index contributed by atoms with van der Waals surface area (Å²) in [4.78, 5) is 19.9. The highest BCUT2D eigenvalue weighted by atomic mass is 32.2. The van der Waals surface area contributed by atoms with E-state index in [1.54, 1.807) is 31.4 Å². The van der Waals surface area contributed by atoms with Crippen LogP contribution in [0.15, 0.2) is 83.9 Å². The molecule has 208 valence electrons. The van der Waals surface area contributed by atoms with Crippen LogP contribution in [0.25, 0.3) is 33.2 Å². The number of methoxy groups -OCH3 is 1. The van der Waals surface area contributed by atoms with Gasteiger partial charge in [0, 0.05) is 35.8 Å². The second-order valence-electron chi connectivity index (χ2n) is 9.04. The third-order valence-corrected chi connectivity index (χ3v) is 7.48. The molecule has 5 rings (SSSR count). The quantitative estimate of drug-likeness (QED) is 0.196. The number of hydrogen-bond acceptors (Lipinski definition) is 6. The van der Waals surface area contributed by atoms with Crippen molar-refractivity contribution < 1.29 is 27.6 Å². The van der Waals surface area contributed by atoms with E-state index >= 15 is 0 Å². The second kappa shape index (κ2) is 11.7. The normalized spacial score (nSPS) is 11.7. The Bertz CT molecular complexity index is 1800. The van der Waals surface area contributed by atoms with Gasteiger partial charge in [-0.25, -0.2) is 23.0 Å². The topological polar surface area (TPSA) is 113 Å². The van der Waals surface area contributed by atoms with Gasteiger partial charge in [0.25, 0.3) is 0 Å². The summed E-state index contributed by atoms with van der Waals surface area (Å²) in [5.41, 5.74) is 4.88. The third-order valence-electron chi connectivity index (χ3n) is 6.35. The number of aromatic nitrogens is 2. The van der Waals surface area contributed by atoms with Crippen LogP contribution in [-0.4, -0.2) is 39.4 Å². The van der Waals surface area contributed by atoms with E-state index in [9.17, 15) is 17.8 Å². The minimum Gasteiger partial charge on any atom is -0.481 e. The Balaban J connectivity index is 1.50. The number of ether oxygens (including phenoxy) is 1. The lowest BCUT2D eigenvalue weighted by atomic mass is 9.99. The molecule has 0 amide bonds. The van der Waals surface area contributed by atoms with Crippen LogP contribution in [-0.2, 0) is 22.2 Å². The Labute approximate surface area is 236 Å². The zero-order chi connectivity index (χ0) is 29.1. The number of aliphatic carboxylic acids is 1. The first-order valence-electron chi connectivity index (χ1n) is 12.4. The number of anilines is 2. The average molecular weight is 575 g/mol. The number of carbonyl (C=O) groups is 1. The van der Waals surface area contributed by atoms with E-state index in [0.29, 0.717) is 23.0 Å². The summed E-state index contributed by atoms with van der Waals surface area (Å²) in [5, 5.41) is 13.0. The first-order chi connectivity index (χ1) is 19.7. The molecule has 0 aliphatic carbocycles.